The van der Waals surface area contributed by atoms with Crippen LogP contribution in [0, 0.1) is 11.6 Å². The molecule has 0 bridgehead atoms. The van der Waals surface area contributed by atoms with Crippen molar-refractivity contribution in [2.45, 2.75) is 12.8 Å². The van der Waals surface area contributed by atoms with E-state index in [1.807, 2.05) is 4.90 Å². The second kappa shape index (κ2) is 7.08. The first-order valence-corrected chi connectivity index (χ1v) is 9.42. The number of carbonyl (C=O) groups excluding carboxylic acids is 2. The van der Waals surface area contributed by atoms with Crippen molar-refractivity contribution in [1.29, 1.82) is 0 Å². The highest BCUT2D eigenvalue weighted by molar-refractivity contribution is 7.20. The number of nitrogens with zero attached hydrogens (tertiary/aromatic N) is 1. The molecule has 2 heterocycles. The van der Waals surface area contributed by atoms with E-state index < -0.39 is 17.5 Å². The summed E-state index contributed by atoms with van der Waals surface area (Å²) >= 11 is 1.41. The number of rotatable bonds is 3. The fourth-order valence-electron chi connectivity index (χ4n) is 3.17. The number of thiophene rings is 1. The predicted octanol–water partition coefficient (Wildman–Crippen LogP) is 4.67. The second-order valence-corrected chi connectivity index (χ2v) is 7.52. The van der Waals surface area contributed by atoms with Crippen molar-refractivity contribution in [2.24, 2.45) is 0 Å². The molecule has 0 unspecified atom stereocenters. The third-order valence-electron chi connectivity index (χ3n) is 4.55. The van der Waals surface area contributed by atoms with Gasteiger partial charge in [-0.1, -0.05) is 0 Å². The van der Waals surface area contributed by atoms with Gasteiger partial charge in [0.05, 0.1) is 10.4 Å². The van der Waals surface area contributed by atoms with Gasteiger partial charge in [-0.3, -0.25) is 9.59 Å². The SMILES string of the molecule is O=C(Nc1ccc2sc(C(=O)N3CCCC3)cc2c1)c1cc(F)ccc1F. The number of carbonyl (C=O) groups is 2. The van der Waals surface area contributed by atoms with Gasteiger partial charge in [0.1, 0.15) is 11.6 Å². The van der Waals surface area contributed by atoms with Gasteiger partial charge in [-0.15, -0.1) is 11.3 Å². The zero-order valence-corrected chi connectivity index (χ0v) is 15.1. The van der Waals surface area contributed by atoms with Crippen molar-refractivity contribution in [3.05, 3.63) is 64.5 Å². The number of likely N-dealkylation sites (tertiary alicyclic amines) is 1. The number of anilines is 1. The zero-order chi connectivity index (χ0) is 19.0. The minimum atomic E-state index is -0.788. The van der Waals surface area contributed by atoms with Crippen molar-refractivity contribution in [3.63, 3.8) is 0 Å². The molecule has 1 fully saturated rings. The first kappa shape index (κ1) is 17.6. The van der Waals surface area contributed by atoms with Crippen LogP contribution in [-0.2, 0) is 0 Å². The fraction of sp³-hybridized carbons (Fsp3) is 0.200. The summed E-state index contributed by atoms with van der Waals surface area (Å²) in [5, 5.41) is 3.40. The summed E-state index contributed by atoms with van der Waals surface area (Å²) in [4.78, 5) is 27.3. The number of hydrogen-bond donors (Lipinski definition) is 1. The van der Waals surface area contributed by atoms with Gasteiger partial charge < -0.3 is 10.2 Å². The van der Waals surface area contributed by atoms with Crippen LogP contribution in [0.2, 0.25) is 0 Å². The van der Waals surface area contributed by atoms with E-state index in [2.05, 4.69) is 5.32 Å². The van der Waals surface area contributed by atoms with Gasteiger partial charge in [0.15, 0.2) is 0 Å². The van der Waals surface area contributed by atoms with E-state index >= 15 is 0 Å². The van der Waals surface area contributed by atoms with Crippen molar-refractivity contribution in [3.8, 4) is 0 Å². The van der Waals surface area contributed by atoms with Gasteiger partial charge in [-0.2, -0.15) is 0 Å². The monoisotopic (exact) mass is 386 g/mol. The average Bonchev–Trinajstić information content (AvgIpc) is 3.32. The van der Waals surface area contributed by atoms with Crippen molar-refractivity contribution >= 4 is 38.9 Å². The minimum absolute atomic E-state index is 0.0288. The molecule has 4 rings (SSSR count). The topological polar surface area (TPSA) is 49.4 Å². The molecule has 1 aliphatic heterocycles. The Hall–Kier alpha value is -2.80. The van der Waals surface area contributed by atoms with Crippen LogP contribution >= 0.6 is 11.3 Å². The highest BCUT2D eigenvalue weighted by Crippen LogP contribution is 2.30. The van der Waals surface area contributed by atoms with Crippen LogP contribution in [0.25, 0.3) is 10.1 Å². The third-order valence-corrected chi connectivity index (χ3v) is 5.66. The molecule has 2 amide bonds. The maximum Gasteiger partial charge on any atom is 0.263 e. The molecule has 27 heavy (non-hydrogen) atoms. The van der Waals surface area contributed by atoms with Gasteiger partial charge in [0, 0.05) is 23.5 Å². The van der Waals surface area contributed by atoms with Crippen LogP contribution < -0.4 is 5.32 Å². The number of fused-ring (bicyclic) bond motifs is 1. The summed E-state index contributed by atoms with van der Waals surface area (Å²) in [6.07, 6.45) is 2.06. The van der Waals surface area contributed by atoms with Crippen LogP contribution in [0.4, 0.5) is 14.5 Å². The Balaban J connectivity index is 1.57. The highest BCUT2D eigenvalue weighted by Gasteiger charge is 2.21. The van der Waals surface area contributed by atoms with Gasteiger partial charge >= 0.3 is 0 Å². The van der Waals surface area contributed by atoms with E-state index in [0.717, 1.165) is 54.2 Å². The molecule has 7 heteroatoms. The molecule has 2 aromatic carbocycles. The molecular formula is C20H16F2N2O2S. The van der Waals surface area contributed by atoms with E-state index in [-0.39, 0.29) is 11.5 Å². The van der Waals surface area contributed by atoms with E-state index in [1.165, 1.54) is 11.3 Å². The number of amides is 2. The lowest BCUT2D eigenvalue weighted by atomic mass is 10.1. The second-order valence-electron chi connectivity index (χ2n) is 6.44. The molecule has 1 saturated heterocycles. The standard InChI is InChI=1S/C20H16F2N2O2S/c21-13-3-5-16(22)15(11-13)19(25)23-14-4-6-17-12(9-14)10-18(27-17)20(26)24-7-1-2-8-24/h3-6,9-11H,1-2,7-8H2,(H,23,25). The lowest BCUT2D eigenvalue weighted by Crippen LogP contribution is -2.26. The van der Waals surface area contributed by atoms with Gasteiger partial charge in [0.25, 0.3) is 11.8 Å². The lowest BCUT2D eigenvalue weighted by molar-refractivity contribution is 0.0797. The summed E-state index contributed by atoms with van der Waals surface area (Å²) in [7, 11) is 0. The van der Waals surface area contributed by atoms with Crippen molar-refractivity contribution in [1.82, 2.24) is 4.90 Å². The summed E-state index contributed by atoms with van der Waals surface area (Å²) in [6, 6.07) is 9.75. The molecule has 4 nitrogen and oxygen atoms in total. The van der Waals surface area contributed by atoms with Crippen molar-refractivity contribution < 1.29 is 18.4 Å². The molecule has 0 aliphatic carbocycles. The minimum Gasteiger partial charge on any atom is -0.338 e. The summed E-state index contributed by atoms with van der Waals surface area (Å²) in [6.45, 7) is 1.57. The smallest absolute Gasteiger partial charge is 0.263 e. The molecule has 1 aliphatic rings. The Morgan fingerprint density at radius 1 is 1.00 bits per heavy atom. The molecule has 1 aromatic heterocycles. The van der Waals surface area contributed by atoms with Crippen LogP contribution in [0.1, 0.15) is 32.9 Å². The fourth-order valence-corrected chi connectivity index (χ4v) is 4.18. The first-order chi connectivity index (χ1) is 13.0. The molecule has 0 atom stereocenters. The molecule has 138 valence electrons. The Bertz CT molecular complexity index is 1040. The summed E-state index contributed by atoms with van der Waals surface area (Å²) in [5.74, 6) is -2.17. The molecular weight excluding hydrogens is 370 g/mol. The molecule has 0 saturated carbocycles. The molecule has 3 aromatic rings. The van der Waals surface area contributed by atoms with Gasteiger partial charge in [0.2, 0.25) is 0 Å². The molecule has 0 radical (unpaired) electrons. The number of hydrogen-bond acceptors (Lipinski definition) is 3. The van der Waals surface area contributed by atoms with E-state index in [1.54, 1.807) is 24.3 Å². The number of benzene rings is 2. The van der Waals surface area contributed by atoms with E-state index in [4.69, 9.17) is 0 Å². The van der Waals surface area contributed by atoms with Crippen molar-refractivity contribution in [2.75, 3.05) is 18.4 Å². The Morgan fingerprint density at radius 3 is 2.56 bits per heavy atom. The quantitative estimate of drug-likeness (QED) is 0.711. The Kier molecular flexibility index (Phi) is 4.61. The molecule has 1 N–H and O–H groups in total. The average molecular weight is 386 g/mol. The van der Waals surface area contributed by atoms with Crippen LogP contribution in [0.5, 0.6) is 0 Å². The van der Waals surface area contributed by atoms with Crippen LogP contribution in [-0.4, -0.2) is 29.8 Å². The predicted molar refractivity (Wildman–Crippen MR) is 101 cm³/mol. The summed E-state index contributed by atoms with van der Waals surface area (Å²) < 4.78 is 28.0. The van der Waals surface area contributed by atoms with Gasteiger partial charge in [-0.25, -0.2) is 8.78 Å². The largest absolute Gasteiger partial charge is 0.338 e. The number of nitrogens with one attached hydrogen (secondary N) is 1. The Labute approximate surface area is 158 Å². The Morgan fingerprint density at radius 2 is 1.78 bits per heavy atom. The maximum absolute atomic E-state index is 13.7. The first-order valence-electron chi connectivity index (χ1n) is 8.60. The highest BCUT2D eigenvalue weighted by atomic mass is 32.1. The van der Waals surface area contributed by atoms with Crippen LogP contribution in [0.3, 0.4) is 0 Å². The number of halogens is 2. The van der Waals surface area contributed by atoms with E-state index in [9.17, 15) is 18.4 Å². The summed E-state index contributed by atoms with van der Waals surface area (Å²) in [5.41, 5.74) is 0.0967. The molecule has 0 spiro atoms. The van der Waals surface area contributed by atoms with E-state index in [0.29, 0.717) is 10.6 Å². The third kappa shape index (κ3) is 3.55. The van der Waals surface area contributed by atoms with Crippen LogP contribution in [0.15, 0.2) is 42.5 Å². The normalized spacial score (nSPS) is 13.9. The zero-order valence-electron chi connectivity index (χ0n) is 14.3. The lowest BCUT2D eigenvalue weighted by Gasteiger charge is -2.13. The maximum atomic E-state index is 13.7. The van der Waals surface area contributed by atoms with Gasteiger partial charge in [-0.05, 0) is 60.7 Å².